The lowest BCUT2D eigenvalue weighted by molar-refractivity contribution is -0.131. The van der Waals surface area contributed by atoms with Gasteiger partial charge in [0.15, 0.2) is 5.69 Å². The first kappa shape index (κ1) is 15.2. The molecule has 114 valence electrons. The van der Waals surface area contributed by atoms with Crippen LogP contribution >= 0.6 is 0 Å². The van der Waals surface area contributed by atoms with Crippen LogP contribution in [0.1, 0.15) is 36.2 Å². The summed E-state index contributed by atoms with van der Waals surface area (Å²) in [6.07, 6.45) is 6.64. The molecule has 1 fully saturated rings. The van der Waals surface area contributed by atoms with Crippen molar-refractivity contribution in [3.05, 3.63) is 18.1 Å². The summed E-state index contributed by atoms with van der Waals surface area (Å²) in [5.41, 5.74) is 0.160. The van der Waals surface area contributed by atoms with Crippen molar-refractivity contribution in [3.63, 3.8) is 0 Å². The summed E-state index contributed by atoms with van der Waals surface area (Å²) in [6, 6.07) is 0. The second kappa shape index (κ2) is 7.56. The number of anilines is 1. The van der Waals surface area contributed by atoms with Crippen molar-refractivity contribution in [2.45, 2.75) is 25.7 Å². The average Bonchev–Trinajstić information content (AvgIpc) is 2.55. The Balaban J connectivity index is 1.75. The zero-order chi connectivity index (χ0) is 15.1. The van der Waals surface area contributed by atoms with Gasteiger partial charge in [0.1, 0.15) is 5.82 Å². The number of hydrogen-bond acceptors (Lipinski definition) is 6. The third-order valence-electron chi connectivity index (χ3n) is 3.40. The molecule has 7 nitrogen and oxygen atoms in total. The van der Waals surface area contributed by atoms with Crippen molar-refractivity contribution in [3.8, 4) is 0 Å². The molecule has 1 aliphatic heterocycles. The fraction of sp³-hybridized carbons (Fsp3) is 0.571. The first-order valence-electron chi connectivity index (χ1n) is 7.12. The molecule has 0 aliphatic carbocycles. The molecule has 0 aromatic carbocycles. The monoisotopic (exact) mass is 292 g/mol. The topological polar surface area (TPSA) is 84.4 Å². The van der Waals surface area contributed by atoms with Gasteiger partial charge in [0.2, 0.25) is 5.91 Å². The molecule has 2 heterocycles. The number of rotatable bonds is 5. The van der Waals surface area contributed by atoms with Crippen LogP contribution in [0.2, 0.25) is 0 Å². The van der Waals surface area contributed by atoms with E-state index in [1.54, 1.807) is 0 Å². The van der Waals surface area contributed by atoms with Crippen LogP contribution < -0.4 is 5.32 Å². The minimum Gasteiger partial charge on any atom is -0.464 e. The van der Waals surface area contributed by atoms with Gasteiger partial charge in [-0.3, -0.25) is 4.79 Å². The lowest BCUT2D eigenvalue weighted by Crippen LogP contribution is -2.36. The van der Waals surface area contributed by atoms with E-state index < -0.39 is 5.97 Å². The van der Waals surface area contributed by atoms with Gasteiger partial charge in [-0.2, -0.15) is 0 Å². The van der Waals surface area contributed by atoms with Crippen LogP contribution in [0.5, 0.6) is 0 Å². The molecule has 7 heteroatoms. The fourth-order valence-corrected chi connectivity index (χ4v) is 2.23. The minimum absolute atomic E-state index is 0.160. The number of esters is 1. The highest BCUT2D eigenvalue weighted by molar-refractivity contribution is 5.86. The number of hydrogen-bond donors (Lipinski definition) is 1. The molecule has 1 saturated heterocycles. The highest BCUT2D eigenvalue weighted by Gasteiger charge is 2.15. The molecule has 0 unspecified atom stereocenters. The molecule has 0 bridgehead atoms. The fourth-order valence-electron chi connectivity index (χ4n) is 2.23. The summed E-state index contributed by atoms with van der Waals surface area (Å²) in [4.78, 5) is 33.1. The molecule has 1 aromatic rings. The summed E-state index contributed by atoms with van der Waals surface area (Å²) in [5, 5.41) is 3.03. The van der Waals surface area contributed by atoms with E-state index in [0.717, 1.165) is 25.9 Å². The third kappa shape index (κ3) is 4.40. The van der Waals surface area contributed by atoms with E-state index in [0.29, 0.717) is 18.8 Å². The van der Waals surface area contributed by atoms with Crippen molar-refractivity contribution in [2.24, 2.45) is 0 Å². The molecule has 2 rings (SSSR count). The Morgan fingerprint density at radius 2 is 2.00 bits per heavy atom. The van der Waals surface area contributed by atoms with E-state index >= 15 is 0 Å². The largest absolute Gasteiger partial charge is 0.464 e. The second-order valence-electron chi connectivity index (χ2n) is 4.90. The number of nitrogens with zero attached hydrogens (tertiary/aromatic N) is 3. The molecule has 1 aromatic heterocycles. The van der Waals surface area contributed by atoms with Gasteiger partial charge in [0, 0.05) is 26.1 Å². The summed E-state index contributed by atoms with van der Waals surface area (Å²) >= 11 is 0. The number of carbonyl (C=O) groups is 2. The minimum atomic E-state index is -0.519. The van der Waals surface area contributed by atoms with Crippen LogP contribution in [0.15, 0.2) is 12.4 Å². The standard InChI is InChI=1S/C14H20N4O3/c1-21-14(20)11-9-17-12(10-16-11)15-6-5-13(19)18-7-3-2-4-8-18/h9-10H,2-8H2,1H3,(H,15,17). The zero-order valence-corrected chi connectivity index (χ0v) is 12.2. The molecule has 0 radical (unpaired) electrons. The Kier molecular flexibility index (Phi) is 5.48. The number of methoxy groups -OCH3 is 1. The number of amides is 1. The maximum Gasteiger partial charge on any atom is 0.358 e. The van der Waals surface area contributed by atoms with Gasteiger partial charge in [-0.05, 0) is 19.3 Å². The van der Waals surface area contributed by atoms with Crippen molar-refractivity contribution >= 4 is 17.7 Å². The van der Waals surface area contributed by atoms with Crippen LogP contribution in [0, 0.1) is 0 Å². The molecule has 21 heavy (non-hydrogen) atoms. The first-order valence-corrected chi connectivity index (χ1v) is 7.12. The van der Waals surface area contributed by atoms with Gasteiger partial charge in [-0.1, -0.05) is 0 Å². The third-order valence-corrected chi connectivity index (χ3v) is 3.40. The van der Waals surface area contributed by atoms with Gasteiger partial charge in [-0.15, -0.1) is 0 Å². The van der Waals surface area contributed by atoms with Crippen LogP contribution in [-0.2, 0) is 9.53 Å². The number of likely N-dealkylation sites (tertiary alicyclic amines) is 1. The molecule has 1 amide bonds. The number of aromatic nitrogens is 2. The summed E-state index contributed by atoms with van der Waals surface area (Å²) in [6.45, 7) is 2.24. The lowest BCUT2D eigenvalue weighted by atomic mass is 10.1. The van der Waals surface area contributed by atoms with E-state index in [9.17, 15) is 9.59 Å². The molecule has 0 spiro atoms. The number of carbonyl (C=O) groups excluding carboxylic acids is 2. The van der Waals surface area contributed by atoms with E-state index in [1.165, 1.54) is 25.9 Å². The number of nitrogens with one attached hydrogen (secondary N) is 1. The summed E-state index contributed by atoms with van der Waals surface area (Å²) in [7, 11) is 1.29. The van der Waals surface area contributed by atoms with E-state index in [-0.39, 0.29) is 11.6 Å². The van der Waals surface area contributed by atoms with Crippen LogP contribution in [0.3, 0.4) is 0 Å². The molecule has 0 atom stereocenters. The van der Waals surface area contributed by atoms with Gasteiger partial charge < -0.3 is 15.0 Å². The Bertz CT molecular complexity index is 483. The molecule has 1 N–H and O–H groups in total. The van der Waals surface area contributed by atoms with Crippen LogP contribution in [0.4, 0.5) is 5.82 Å². The molecular weight excluding hydrogens is 272 g/mol. The average molecular weight is 292 g/mol. The Labute approximate surface area is 123 Å². The predicted octanol–water partition coefficient (Wildman–Crippen LogP) is 1.08. The number of piperidine rings is 1. The first-order chi connectivity index (χ1) is 10.2. The lowest BCUT2D eigenvalue weighted by Gasteiger charge is -2.26. The van der Waals surface area contributed by atoms with Gasteiger partial charge in [0.05, 0.1) is 19.5 Å². The van der Waals surface area contributed by atoms with Gasteiger partial charge in [-0.25, -0.2) is 14.8 Å². The highest BCUT2D eigenvalue weighted by Crippen LogP contribution is 2.10. The van der Waals surface area contributed by atoms with Crippen molar-refractivity contribution < 1.29 is 14.3 Å². The molecule has 0 saturated carbocycles. The number of ether oxygens (including phenoxy) is 1. The van der Waals surface area contributed by atoms with Crippen LogP contribution in [-0.4, -0.2) is 53.5 Å². The Hall–Kier alpha value is -2.18. The Morgan fingerprint density at radius 1 is 1.24 bits per heavy atom. The smallest absolute Gasteiger partial charge is 0.358 e. The van der Waals surface area contributed by atoms with Crippen molar-refractivity contribution in [2.75, 3.05) is 32.1 Å². The van der Waals surface area contributed by atoms with E-state index in [2.05, 4.69) is 20.0 Å². The highest BCUT2D eigenvalue weighted by atomic mass is 16.5. The van der Waals surface area contributed by atoms with Crippen molar-refractivity contribution in [1.29, 1.82) is 0 Å². The quantitative estimate of drug-likeness (QED) is 0.817. The van der Waals surface area contributed by atoms with E-state index in [1.807, 2.05) is 4.90 Å². The Morgan fingerprint density at radius 3 is 2.62 bits per heavy atom. The SMILES string of the molecule is COC(=O)c1cnc(NCCC(=O)N2CCCCC2)cn1. The predicted molar refractivity (Wildman–Crippen MR) is 76.9 cm³/mol. The normalized spacial score (nSPS) is 14.6. The van der Waals surface area contributed by atoms with Gasteiger partial charge in [0.25, 0.3) is 0 Å². The van der Waals surface area contributed by atoms with Crippen molar-refractivity contribution in [1.82, 2.24) is 14.9 Å². The van der Waals surface area contributed by atoms with Crippen LogP contribution in [0.25, 0.3) is 0 Å². The second-order valence-corrected chi connectivity index (χ2v) is 4.90. The zero-order valence-electron chi connectivity index (χ0n) is 12.2. The molecule has 1 aliphatic rings. The maximum atomic E-state index is 12.0. The van der Waals surface area contributed by atoms with Gasteiger partial charge >= 0.3 is 5.97 Å². The summed E-state index contributed by atoms with van der Waals surface area (Å²) < 4.78 is 4.54. The molecular formula is C14H20N4O3. The van der Waals surface area contributed by atoms with E-state index in [4.69, 9.17) is 0 Å². The summed E-state index contributed by atoms with van der Waals surface area (Å²) in [5.74, 6) is 0.185. The maximum absolute atomic E-state index is 12.0.